The Labute approximate surface area is 173 Å². The zero-order valence-corrected chi connectivity index (χ0v) is 16.7. The number of nitrogen functional groups attached to an aromatic ring is 2. The molecule has 0 saturated heterocycles. The number of amides is 1. The van der Waals surface area contributed by atoms with Gasteiger partial charge < -0.3 is 16.8 Å². The summed E-state index contributed by atoms with van der Waals surface area (Å²) in [4.78, 5) is 25.9. The van der Waals surface area contributed by atoms with Crippen LogP contribution in [0.1, 0.15) is 26.3 Å². The second-order valence-electron chi connectivity index (χ2n) is 6.39. The maximum Gasteiger partial charge on any atom is 0.255 e. The van der Waals surface area contributed by atoms with Gasteiger partial charge >= 0.3 is 0 Å². The SMILES string of the molecule is CSc1ccc(/C=C/C(=O)c2ccc(NC(=O)c3cc(N)cc(N)c3)cc2)cc1. The average molecular weight is 404 g/mol. The first-order chi connectivity index (χ1) is 13.9. The van der Waals surface area contributed by atoms with E-state index in [0.29, 0.717) is 28.2 Å². The highest BCUT2D eigenvalue weighted by atomic mass is 32.2. The first-order valence-electron chi connectivity index (χ1n) is 8.88. The minimum Gasteiger partial charge on any atom is -0.399 e. The third kappa shape index (κ3) is 5.49. The molecule has 3 aromatic carbocycles. The van der Waals surface area contributed by atoms with Gasteiger partial charge in [-0.25, -0.2) is 0 Å². The van der Waals surface area contributed by atoms with Gasteiger partial charge in [-0.3, -0.25) is 9.59 Å². The molecule has 0 aliphatic heterocycles. The molecule has 1 amide bonds. The maximum atomic E-state index is 12.4. The highest BCUT2D eigenvalue weighted by Crippen LogP contribution is 2.18. The first kappa shape index (κ1) is 20.2. The summed E-state index contributed by atoms with van der Waals surface area (Å²) < 4.78 is 0. The minimum atomic E-state index is -0.323. The molecule has 0 heterocycles. The van der Waals surface area contributed by atoms with Crippen molar-refractivity contribution < 1.29 is 9.59 Å². The Morgan fingerprint density at radius 1 is 0.862 bits per heavy atom. The number of rotatable bonds is 6. The maximum absolute atomic E-state index is 12.4. The van der Waals surface area contributed by atoms with Crippen LogP contribution in [0.3, 0.4) is 0 Å². The Balaban J connectivity index is 1.65. The van der Waals surface area contributed by atoms with Crippen LogP contribution in [0.2, 0.25) is 0 Å². The van der Waals surface area contributed by atoms with E-state index in [1.807, 2.05) is 30.5 Å². The third-order valence-electron chi connectivity index (χ3n) is 4.21. The summed E-state index contributed by atoms with van der Waals surface area (Å²) in [6.45, 7) is 0. The number of hydrogen-bond acceptors (Lipinski definition) is 5. The summed E-state index contributed by atoms with van der Waals surface area (Å²) in [5.74, 6) is -0.433. The Morgan fingerprint density at radius 2 is 1.48 bits per heavy atom. The van der Waals surface area contributed by atoms with E-state index < -0.39 is 0 Å². The van der Waals surface area contributed by atoms with Crippen LogP contribution >= 0.6 is 11.8 Å². The van der Waals surface area contributed by atoms with E-state index in [1.165, 1.54) is 11.0 Å². The smallest absolute Gasteiger partial charge is 0.255 e. The van der Waals surface area contributed by atoms with Gasteiger partial charge in [-0.05, 0) is 72.5 Å². The molecule has 0 radical (unpaired) electrons. The summed E-state index contributed by atoms with van der Waals surface area (Å²) in [6, 6.07) is 19.4. The molecule has 5 nitrogen and oxygen atoms in total. The normalized spacial score (nSPS) is 10.8. The van der Waals surface area contributed by atoms with E-state index in [2.05, 4.69) is 5.32 Å². The molecule has 146 valence electrons. The van der Waals surface area contributed by atoms with E-state index in [1.54, 1.807) is 60.3 Å². The number of anilines is 3. The van der Waals surface area contributed by atoms with Gasteiger partial charge in [-0.2, -0.15) is 0 Å². The summed E-state index contributed by atoms with van der Waals surface area (Å²) in [5.41, 5.74) is 14.7. The van der Waals surface area contributed by atoms with Gasteiger partial charge in [0.2, 0.25) is 0 Å². The number of benzene rings is 3. The van der Waals surface area contributed by atoms with Crippen molar-refractivity contribution in [1.82, 2.24) is 0 Å². The quantitative estimate of drug-likeness (QED) is 0.239. The summed E-state index contributed by atoms with van der Waals surface area (Å²) in [6.07, 6.45) is 5.34. The van der Waals surface area contributed by atoms with E-state index in [9.17, 15) is 9.59 Å². The lowest BCUT2D eigenvalue weighted by Gasteiger charge is -2.07. The van der Waals surface area contributed by atoms with Crippen LogP contribution in [-0.4, -0.2) is 17.9 Å². The largest absolute Gasteiger partial charge is 0.399 e. The molecule has 0 atom stereocenters. The van der Waals surface area contributed by atoms with Crippen LogP contribution in [0.15, 0.2) is 77.7 Å². The van der Waals surface area contributed by atoms with Crippen LogP contribution in [0.25, 0.3) is 6.08 Å². The lowest BCUT2D eigenvalue weighted by Crippen LogP contribution is -2.12. The first-order valence-corrected chi connectivity index (χ1v) is 10.1. The number of carbonyl (C=O) groups excluding carboxylic acids is 2. The molecule has 0 unspecified atom stereocenters. The summed E-state index contributed by atoms with van der Waals surface area (Å²) in [7, 11) is 0. The standard InChI is InChI=1S/C23H21N3O2S/c1-29-21-9-2-15(3-10-21)4-11-22(27)16-5-7-20(8-6-16)26-23(28)17-12-18(24)14-19(25)13-17/h2-14H,24-25H2,1H3,(H,26,28)/b11-4+. The Hall–Kier alpha value is -3.51. The molecule has 0 spiro atoms. The Morgan fingerprint density at radius 3 is 2.07 bits per heavy atom. The van der Waals surface area contributed by atoms with Gasteiger partial charge in [0.05, 0.1) is 0 Å². The monoisotopic (exact) mass is 403 g/mol. The summed E-state index contributed by atoms with van der Waals surface area (Å²) in [5, 5.41) is 2.77. The number of hydrogen-bond donors (Lipinski definition) is 3. The molecule has 0 aliphatic carbocycles. The molecule has 0 fully saturated rings. The number of nitrogens with one attached hydrogen (secondary N) is 1. The average Bonchev–Trinajstić information content (AvgIpc) is 2.72. The van der Waals surface area contributed by atoms with E-state index in [4.69, 9.17) is 11.5 Å². The van der Waals surface area contributed by atoms with Crippen LogP contribution < -0.4 is 16.8 Å². The molecule has 29 heavy (non-hydrogen) atoms. The van der Waals surface area contributed by atoms with Crippen molar-refractivity contribution in [1.29, 1.82) is 0 Å². The topological polar surface area (TPSA) is 98.2 Å². The van der Waals surface area contributed by atoms with Crippen molar-refractivity contribution in [3.8, 4) is 0 Å². The summed E-state index contributed by atoms with van der Waals surface area (Å²) >= 11 is 1.67. The van der Waals surface area contributed by atoms with E-state index in [0.717, 1.165) is 5.56 Å². The predicted octanol–water partition coefficient (Wildman–Crippen LogP) is 4.72. The fourth-order valence-electron chi connectivity index (χ4n) is 2.71. The zero-order chi connectivity index (χ0) is 20.8. The van der Waals surface area contributed by atoms with Crippen LogP contribution in [0.5, 0.6) is 0 Å². The van der Waals surface area contributed by atoms with Gasteiger partial charge in [0.15, 0.2) is 5.78 Å². The van der Waals surface area contributed by atoms with Crippen LogP contribution in [0.4, 0.5) is 17.1 Å². The fourth-order valence-corrected chi connectivity index (χ4v) is 3.12. The third-order valence-corrected chi connectivity index (χ3v) is 4.95. The Kier molecular flexibility index (Phi) is 6.36. The lowest BCUT2D eigenvalue weighted by molar-refractivity contribution is 0.102. The molecular formula is C23H21N3O2S. The second-order valence-corrected chi connectivity index (χ2v) is 7.27. The van der Waals surface area contributed by atoms with Gasteiger partial charge in [-0.1, -0.05) is 18.2 Å². The van der Waals surface area contributed by atoms with Gasteiger partial charge in [0.25, 0.3) is 5.91 Å². The number of carbonyl (C=O) groups is 2. The highest BCUT2D eigenvalue weighted by molar-refractivity contribution is 7.98. The molecule has 0 bridgehead atoms. The van der Waals surface area contributed by atoms with Crippen molar-refractivity contribution in [2.75, 3.05) is 23.0 Å². The van der Waals surface area contributed by atoms with E-state index in [-0.39, 0.29) is 11.7 Å². The van der Waals surface area contributed by atoms with Crippen molar-refractivity contribution in [2.24, 2.45) is 0 Å². The molecule has 0 aliphatic rings. The number of allylic oxidation sites excluding steroid dienone is 1. The second kappa shape index (κ2) is 9.12. The molecule has 0 saturated carbocycles. The number of thioether (sulfide) groups is 1. The van der Waals surface area contributed by atoms with Gasteiger partial charge in [-0.15, -0.1) is 11.8 Å². The number of nitrogens with two attached hydrogens (primary N) is 2. The predicted molar refractivity (Wildman–Crippen MR) is 121 cm³/mol. The Bertz CT molecular complexity index is 1040. The lowest BCUT2D eigenvalue weighted by atomic mass is 10.1. The van der Waals surface area contributed by atoms with E-state index >= 15 is 0 Å². The zero-order valence-electron chi connectivity index (χ0n) is 15.9. The van der Waals surface area contributed by atoms with Gasteiger partial charge in [0, 0.05) is 33.1 Å². The fraction of sp³-hybridized carbons (Fsp3) is 0.0435. The molecule has 0 aromatic heterocycles. The van der Waals surface area contributed by atoms with Crippen molar-refractivity contribution in [2.45, 2.75) is 4.90 Å². The minimum absolute atomic E-state index is 0.111. The molecule has 3 aromatic rings. The number of ketones is 1. The molecule has 6 heteroatoms. The van der Waals surface area contributed by atoms with Crippen LogP contribution in [0, 0.1) is 0 Å². The van der Waals surface area contributed by atoms with Crippen molar-refractivity contribution in [3.63, 3.8) is 0 Å². The molecule has 5 N–H and O–H groups in total. The van der Waals surface area contributed by atoms with Gasteiger partial charge in [0.1, 0.15) is 0 Å². The molecule has 3 rings (SSSR count). The van der Waals surface area contributed by atoms with Crippen molar-refractivity contribution in [3.05, 3.63) is 89.5 Å². The highest BCUT2D eigenvalue weighted by Gasteiger charge is 2.09. The van der Waals surface area contributed by atoms with Crippen molar-refractivity contribution >= 4 is 46.6 Å². The van der Waals surface area contributed by atoms with Crippen LogP contribution in [-0.2, 0) is 0 Å². The molecular weight excluding hydrogens is 382 g/mol.